The van der Waals surface area contributed by atoms with Crippen molar-refractivity contribution in [1.29, 1.82) is 0 Å². The van der Waals surface area contributed by atoms with Gasteiger partial charge in [-0.05, 0) is 74.8 Å². The Hall–Kier alpha value is -6.24. The van der Waals surface area contributed by atoms with Gasteiger partial charge in [-0.2, -0.15) is 5.10 Å². The Morgan fingerprint density at radius 2 is 1.68 bits per heavy atom. The minimum absolute atomic E-state index is 0.0120. The molecule has 346 valence electrons. The summed E-state index contributed by atoms with van der Waals surface area (Å²) in [5.41, 5.74) is 13.9. The third kappa shape index (κ3) is 9.13. The van der Waals surface area contributed by atoms with Gasteiger partial charge in [0.25, 0.3) is 0 Å². The molecule has 7 heterocycles. The van der Waals surface area contributed by atoms with Crippen LogP contribution in [0.5, 0.6) is 5.75 Å². The molecule has 17 nitrogen and oxygen atoms in total. The maximum absolute atomic E-state index is 14.3. The van der Waals surface area contributed by atoms with E-state index >= 15 is 0 Å². The number of piperidine rings is 2. The van der Waals surface area contributed by atoms with E-state index in [0.29, 0.717) is 53.2 Å². The number of aromatic hydroxyl groups is 1. The number of thiazole rings is 1. The Bertz CT molecular complexity index is 2700. The van der Waals surface area contributed by atoms with Gasteiger partial charge in [-0.3, -0.25) is 19.1 Å². The normalized spacial score (nSPS) is 19.7. The number of β-amino-alcohol motifs (C(OH)–C–C–N with tert-alkyl or cyclic N) is 1. The van der Waals surface area contributed by atoms with Crippen LogP contribution in [0.25, 0.3) is 32.7 Å². The Balaban J connectivity index is 0.857. The van der Waals surface area contributed by atoms with E-state index in [1.165, 1.54) is 4.90 Å². The molecule has 9 rings (SSSR count). The van der Waals surface area contributed by atoms with Crippen LogP contribution >= 0.6 is 11.3 Å². The fourth-order valence-corrected chi connectivity index (χ4v) is 10.9. The number of aliphatic hydroxyl groups excluding tert-OH is 1. The molecule has 66 heavy (non-hydrogen) atoms. The zero-order valence-corrected chi connectivity index (χ0v) is 38.5. The van der Waals surface area contributed by atoms with Gasteiger partial charge in [0.2, 0.25) is 17.7 Å². The molecule has 4 atom stereocenters. The topological polar surface area (TPSA) is 222 Å². The Morgan fingerprint density at radius 1 is 0.955 bits per heavy atom. The number of likely N-dealkylation sites (tertiary alicyclic amines) is 3. The summed E-state index contributed by atoms with van der Waals surface area (Å²) in [6.45, 7) is 10.5. The number of phenolic OH excluding ortho intramolecular Hbond substituents is 1. The maximum Gasteiger partial charge on any atom is 0.243 e. The van der Waals surface area contributed by atoms with Crippen LogP contribution in [-0.2, 0) is 14.4 Å². The van der Waals surface area contributed by atoms with Gasteiger partial charge in [0, 0.05) is 56.8 Å². The molecule has 3 saturated heterocycles. The molecule has 4 aromatic heterocycles. The number of benzene rings is 2. The number of carbonyl (C=O) groups is 3. The van der Waals surface area contributed by atoms with Crippen LogP contribution in [0.15, 0.2) is 70.7 Å². The summed E-state index contributed by atoms with van der Waals surface area (Å²) in [5, 5.41) is 41.9. The van der Waals surface area contributed by atoms with E-state index < -0.39 is 30.0 Å². The van der Waals surface area contributed by atoms with Crippen LogP contribution in [0.3, 0.4) is 0 Å². The lowest BCUT2D eigenvalue weighted by Crippen LogP contribution is -2.50. The van der Waals surface area contributed by atoms with Crippen LogP contribution in [0.1, 0.15) is 93.1 Å². The second-order valence-electron chi connectivity index (χ2n) is 18.3. The van der Waals surface area contributed by atoms with Crippen LogP contribution in [0, 0.1) is 19.8 Å². The van der Waals surface area contributed by atoms with Gasteiger partial charge < -0.3 is 40.5 Å². The van der Waals surface area contributed by atoms with E-state index in [1.54, 1.807) is 42.5 Å². The molecule has 1 unspecified atom stereocenters. The number of aliphatic hydroxyl groups is 1. The first-order valence-corrected chi connectivity index (χ1v) is 23.7. The van der Waals surface area contributed by atoms with Gasteiger partial charge in [-0.25, -0.2) is 4.98 Å². The van der Waals surface area contributed by atoms with Crippen molar-refractivity contribution in [3.8, 4) is 27.4 Å². The first-order chi connectivity index (χ1) is 31.8. The van der Waals surface area contributed by atoms with Crippen molar-refractivity contribution in [2.45, 2.75) is 102 Å². The predicted molar refractivity (Wildman–Crippen MR) is 249 cm³/mol. The summed E-state index contributed by atoms with van der Waals surface area (Å²) in [5.74, 6) is -0.752. The molecule has 0 spiro atoms. The molecule has 18 heteroatoms. The molecule has 3 fully saturated rings. The average Bonchev–Trinajstić information content (AvgIpc) is 4.12. The van der Waals surface area contributed by atoms with E-state index in [9.17, 15) is 24.6 Å². The molecule has 2 aromatic carbocycles. The number of phenols is 1. The molecule has 5 N–H and O–H groups in total. The number of nitrogens with two attached hydrogens (primary N) is 1. The van der Waals surface area contributed by atoms with Gasteiger partial charge >= 0.3 is 0 Å². The van der Waals surface area contributed by atoms with Crippen molar-refractivity contribution in [2.24, 2.45) is 5.92 Å². The minimum atomic E-state index is -0.936. The number of rotatable bonds is 12. The lowest BCUT2D eigenvalue weighted by atomic mass is 9.91. The number of carbonyl (C=O) groups excluding carboxylic acids is 3. The molecular formula is C48H57N11O6S. The molecule has 3 aliphatic rings. The Morgan fingerprint density at radius 3 is 2.35 bits per heavy atom. The highest BCUT2D eigenvalue weighted by Crippen LogP contribution is 2.36. The second kappa shape index (κ2) is 18.9. The van der Waals surface area contributed by atoms with Gasteiger partial charge in [-0.15, -0.1) is 21.5 Å². The Labute approximate surface area is 387 Å². The van der Waals surface area contributed by atoms with Crippen LogP contribution in [0.4, 0.5) is 5.82 Å². The summed E-state index contributed by atoms with van der Waals surface area (Å²) in [6, 6.07) is 17.4. The van der Waals surface area contributed by atoms with Gasteiger partial charge in [-0.1, -0.05) is 55.4 Å². The quantitative estimate of drug-likeness (QED) is 0.114. The highest BCUT2D eigenvalue weighted by Gasteiger charge is 2.44. The molecule has 6 aromatic rings. The van der Waals surface area contributed by atoms with Crippen molar-refractivity contribution in [1.82, 2.24) is 50.1 Å². The fraction of sp³-hybridized carbons (Fsp3) is 0.458. The summed E-state index contributed by atoms with van der Waals surface area (Å²) in [7, 11) is 0. The summed E-state index contributed by atoms with van der Waals surface area (Å²) in [6.07, 6.45) is 2.61. The zero-order valence-electron chi connectivity index (χ0n) is 37.7. The monoisotopic (exact) mass is 915 g/mol. The number of aromatic nitrogens is 6. The summed E-state index contributed by atoms with van der Waals surface area (Å²) in [4.78, 5) is 54.1. The zero-order chi connectivity index (χ0) is 46.2. The molecule has 3 aliphatic heterocycles. The minimum Gasteiger partial charge on any atom is -0.507 e. The molecular weight excluding hydrogens is 859 g/mol. The lowest BCUT2D eigenvalue weighted by molar-refractivity contribution is -0.141. The van der Waals surface area contributed by atoms with Crippen molar-refractivity contribution < 1.29 is 29.1 Å². The average molecular weight is 916 g/mol. The van der Waals surface area contributed by atoms with Crippen molar-refractivity contribution in [3.63, 3.8) is 0 Å². The van der Waals surface area contributed by atoms with Gasteiger partial charge in [0.1, 0.15) is 23.5 Å². The SMILES string of the molecule is Cc1cc(C(C(=O)N2C[C@H](O)C[C@H]2C(=O)N[C@@H](CC(=O)N2CCC(N3CCC(n4nc(N)c5nnc(-c6ccccc6O)cc54)CC3)CC2)c2ccc(-c3scnc3C)cc2)C(C)C)on1. The predicted octanol–water partition coefficient (Wildman–Crippen LogP) is 5.79. The standard InChI is InChI=1S/C48H57N11O6S/c1-27(2)43(41-21-28(3)55-65-41)48(64)58-25-34(60)22-39(58)47(63)51-36(30-9-11-31(12-10-30)45-29(4)50-26-66-45)24-42(62)57-19-13-32(14-20-57)56-17-15-33(16-18-56)59-38-23-37(35-7-5-6-8-40(35)61)52-53-44(38)46(49)54-59/h5-12,21,23,26-27,32-34,36,39,43,60-61H,13-20,22,24-25H2,1-4H3,(H2,49,54)(H,51,63)/t34-,36+,39+,43?/m1/s1. The number of nitrogens with one attached hydrogen (secondary N) is 1. The first-order valence-electron chi connectivity index (χ1n) is 22.9. The third-order valence-corrected chi connectivity index (χ3v) is 14.6. The van der Waals surface area contributed by atoms with E-state index in [4.69, 9.17) is 10.3 Å². The van der Waals surface area contributed by atoms with Gasteiger partial charge in [0.15, 0.2) is 11.3 Å². The summed E-state index contributed by atoms with van der Waals surface area (Å²) >= 11 is 1.55. The number of fused-ring (bicyclic) bond motifs is 1. The van der Waals surface area contributed by atoms with Crippen LogP contribution < -0.4 is 11.1 Å². The number of nitrogens with zero attached hydrogens (tertiary/aromatic N) is 9. The number of hydrogen-bond donors (Lipinski definition) is 4. The number of nitrogen functional groups attached to an aromatic ring is 1. The lowest BCUT2D eigenvalue weighted by Gasteiger charge is -2.42. The Kier molecular flexibility index (Phi) is 12.9. The van der Waals surface area contributed by atoms with Crippen LogP contribution in [0.2, 0.25) is 0 Å². The molecule has 0 radical (unpaired) electrons. The van der Waals surface area contributed by atoms with E-state index in [1.807, 2.05) is 72.3 Å². The van der Waals surface area contributed by atoms with E-state index in [0.717, 1.165) is 66.0 Å². The largest absolute Gasteiger partial charge is 0.507 e. The van der Waals surface area contributed by atoms with Crippen molar-refractivity contribution in [3.05, 3.63) is 88.9 Å². The highest BCUT2D eigenvalue weighted by atomic mass is 32.1. The van der Waals surface area contributed by atoms with Crippen molar-refractivity contribution >= 4 is 45.9 Å². The third-order valence-electron chi connectivity index (χ3n) is 13.6. The molecule has 0 aliphatic carbocycles. The smallest absolute Gasteiger partial charge is 0.243 e. The number of anilines is 1. The highest BCUT2D eigenvalue weighted by molar-refractivity contribution is 7.13. The molecule has 0 bridgehead atoms. The number of para-hydroxylation sites is 1. The van der Waals surface area contributed by atoms with Crippen molar-refractivity contribution in [2.75, 3.05) is 38.5 Å². The van der Waals surface area contributed by atoms with Crippen LogP contribution in [-0.4, -0.2) is 124 Å². The maximum atomic E-state index is 14.3. The molecule has 3 amide bonds. The summed E-state index contributed by atoms with van der Waals surface area (Å²) < 4.78 is 7.50. The molecule has 0 saturated carbocycles. The second-order valence-corrected chi connectivity index (χ2v) is 19.2. The van der Waals surface area contributed by atoms with E-state index in [-0.39, 0.29) is 48.9 Å². The van der Waals surface area contributed by atoms with E-state index in [2.05, 4.69) is 35.7 Å². The number of hydrogen-bond acceptors (Lipinski definition) is 14. The number of aryl methyl sites for hydroxylation is 2. The first kappa shape index (κ1) is 44.9. The fourth-order valence-electron chi connectivity index (χ4n) is 10.1. The number of amides is 3. The van der Waals surface area contributed by atoms with Gasteiger partial charge in [0.05, 0.1) is 57.6 Å².